The Kier molecular flexibility index (Phi) is 4.68. The number of carbonyl (C=O) groups excluding carboxylic acids is 1. The first-order valence-corrected chi connectivity index (χ1v) is 8.80. The summed E-state index contributed by atoms with van der Waals surface area (Å²) < 4.78 is 11.1. The summed E-state index contributed by atoms with van der Waals surface area (Å²) in [5.74, 6) is 0.408. The first-order valence-electron chi connectivity index (χ1n) is 6.93. The van der Waals surface area contributed by atoms with E-state index in [1.165, 1.54) is 29.6 Å². The Morgan fingerprint density at radius 2 is 2.09 bits per heavy atom. The molecule has 0 amide bonds. The van der Waals surface area contributed by atoms with E-state index in [4.69, 9.17) is 9.47 Å². The number of rotatable bonds is 4. The number of hydrogen-bond donors (Lipinski definition) is 1. The van der Waals surface area contributed by atoms with Crippen LogP contribution in [0.25, 0.3) is 6.08 Å². The average Bonchev–Trinajstić information content (AvgIpc) is 3.13. The van der Waals surface area contributed by atoms with Crippen LogP contribution >= 0.6 is 23.5 Å². The third-order valence-corrected chi connectivity index (χ3v) is 6.22. The zero-order valence-corrected chi connectivity index (χ0v) is 13.9. The van der Waals surface area contributed by atoms with E-state index >= 15 is 0 Å². The van der Waals surface area contributed by atoms with Crippen molar-refractivity contribution in [1.29, 1.82) is 0 Å². The summed E-state index contributed by atoms with van der Waals surface area (Å²) in [6.45, 7) is 2.19. The lowest BCUT2D eigenvalue weighted by Crippen LogP contribution is -2.11. The molecule has 0 radical (unpaired) electrons. The number of ether oxygens (including phenoxy) is 2. The molecule has 7 heteroatoms. The highest BCUT2D eigenvalue weighted by molar-refractivity contribution is 8.25. The molecule has 120 valence electrons. The molecule has 1 saturated heterocycles. The van der Waals surface area contributed by atoms with Gasteiger partial charge in [0.15, 0.2) is 17.3 Å². The summed E-state index contributed by atoms with van der Waals surface area (Å²) in [5.41, 5.74) is 0.596. The van der Waals surface area contributed by atoms with Crippen LogP contribution < -0.4 is 9.47 Å². The van der Waals surface area contributed by atoms with E-state index < -0.39 is 11.8 Å². The van der Waals surface area contributed by atoms with Crippen LogP contribution in [0.1, 0.15) is 12.5 Å². The van der Waals surface area contributed by atoms with Gasteiger partial charge in [-0.05, 0) is 23.8 Å². The van der Waals surface area contributed by atoms with Crippen LogP contribution in [0, 0.1) is 0 Å². The highest BCUT2D eigenvalue weighted by Crippen LogP contribution is 2.43. The number of carbonyl (C=O) groups is 2. The van der Waals surface area contributed by atoms with Crippen LogP contribution in [-0.4, -0.2) is 34.7 Å². The Morgan fingerprint density at radius 3 is 2.78 bits per heavy atom. The second-order valence-electron chi connectivity index (χ2n) is 5.02. The van der Waals surface area contributed by atoms with Gasteiger partial charge in [-0.3, -0.25) is 4.79 Å². The second kappa shape index (κ2) is 6.72. The van der Waals surface area contributed by atoms with E-state index in [2.05, 4.69) is 0 Å². The minimum absolute atomic E-state index is 0.152. The summed E-state index contributed by atoms with van der Waals surface area (Å²) in [6, 6.07) is 5.29. The normalized spacial score (nSPS) is 21.7. The molecule has 2 aliphatic heterocycles. The fraction of sp³-hybridized carbons (Fsp3) is 0.250. The Labute approximate surface area is 141 Å². The Hall–Kier alpha value is -1.86. The maximum absolute atomic E-state index is 12.3. The highest BCUT2D eigenvalue weighted by atomic mass is 32.2. The number of benzene rings is 1. The molecule has 2 aliphatic rings. The first kappa shape index (κ1) is 16.0. The van der Waals surface area contributed by atoms with Gasteiger partial charge in [0.2, 0.25) is 6.79 Å². The van der Waals surface area contributed by atoms with E-state index in [-0.39, 0.29) is 12.4 Å². The van der Waals surface area contributed by atoms with E-state index in [0.717, 1.165) is 11.3 Å². The van der Waals surface area contributed by atoms with E-state index in [9.17, 15) is 14.7 Å². The van der Waals surface area contributed by atoms with Crippen LogP contribution in [0.4, 0.5) is 0 Å². The van der Waals surface area contributed by atoms with Gasteiger partial charge >= 0.3 is 5.97 Å². The molecule has 1 fully saturated rings. The second-order valence-corrected chi connectivity index (χ2v) is 7.75. The monoisotopic (exact) mass is 350 g/mol. The molecule has 1 aromatic carbocycles. The number of ketones is 1. The van der Waals surface area contributed by atoms with Crippen molar-refractivity contribution in [1.82, 2.24) is 0 Å². The van der Waals surface area contributed by atoms with Gasteiger partial charge in [0.25, 0.3) is 0 Å². The molecule has 0 spiro atoms. The molecular weight excluding hydrogens is 336 g/mol. The Balaban J connectivity index is 1.80. The highest BCUT2D eigenvalue weighted by Gasteiger charge is 2.27. The molecule has 1 N–H and O–H groups in total. The van der Waals surface area contributed by atoms with Gasteiger partial charge in [-0.1, -0.05) is 19.1 Å². The number of hydrogen-bond acceptors (Lipinski definition) is 6. The van der Waals surface area contributed by atoms with Crippen molar-refractivity contribution in [2.45, 2.75) is 12.2 Å². The average molecular weight is 350 g/mol. The lowest BCUT2D eigenvalue weighted by molar-refractivity contribution is -0.134. The Bertz CT molecular complexity index is 723. The van der Waals surface area contributed by atoms with Crippen LogP contribution in [0.5, 0.6) is 11.5 Å². The van der Waals surface area contributed by atoms with Crippen LogP contribution in [-0.2, 0) is 9.59 Å². The number of allylic oxidation sites excluding steroid dienone is 1. The fourth-order valence-corrected chi connectivity index (χ4v) is 4.98. The summed E-state index contributed by atoms with van der Waals surface area (Å²) >= 11 is 2.86. The van der Waals surface area contributed by atoms with Crippen molar-refractivity contribution in [2.24, 2.45) is 0 Å². The third-order valence-electron chi connectivity index (χ3n) is 3.25. The third kappa shape index (κ3) is 3.56. The molecule has 1 atom stereocenters. The van der Waals surface area contributed by atoms with Crippen LogP contribution in [0.15, 0.2) is 34.1 Å². The van der Waals surface area contributed by atoms with Crippen molar-refractivity contribution in [3.63, 3.8) is 0 Å². The quantitative estimate of drug-likeness (QED) is 0.508. The van der Waals surface area contributed by atoms with Crippen molar-refractivity contribution < 1.29 is 24.2 Å². The number of thioether (sulfide) groups is 2. The number of carboxylic acid groups (broad SMARTS) is 1. The van der Waals surface area contributed by atoms with Crippen molar-refractivity contribution in [3.8, 4) is 11.5 Å². The summed E-state index contributed by atoms with van der Waals surface area (Å²) in [7, 11) is 0. The van der Waals surface area contributed by atoms with E-state index in [1.54, 1.807) is 24.3 Å². The maximum Gasteiger partial charge on any atom is 0.341 e. The molecule has 0 saturated carbocycles. The van der Waals surface area contributed by atoms with E-state index in [1.807, 2.05) is 6.92 Å². The van der Waals surface area contributed by atoms with Gasteiger partial charge in [0.05, 0.1) is 4.24 Å². The van der Waals surface area contributed by atoms with E-state index in [0.29, 0.717) is 21.0 Å². The summed E-state index contributed by atoms with van der Waals surface area (Å²) in [6.07, 6.45) is 2.87. The lowest BCUT2D eigenvalue weighted by Gasteiger charge is -2.02. The molecule has 0 bridgehead atoms. The van der Waals surface area contributed by atoms with Gasteiger partial charge in [0, 0.05) is 11.0 Å². The molecule has 0 aliphatic carbocycles. The molecular formula is C16H14O5S2. The molecule has 1 aromatic rings. The van der Waals surface area contributed by atoms with Crippen molar-refractivity contribution >= 4 is 41.4 Å². The van der Waals surface area contributed by atoms with Gasteiger partial charge in [-0.2, -0.15) is 0 Å². The number of aliphatic carboxylic acids is 1. The van der Waals surface area contributed by atoms with Crippen molar-refractivity contribution in [3.05, 3.63) is 39.6 Å². The zero-order chi connectivity index (χ0) is 16.4. The molecule has 2 heterocycles. The van der Waals surface area contributed by atoms with Crippen molar-refractivity contribution in [2.75, 3.05) is 12.5 Å². The molecule has 1 unspecified atom stereocenters. The molecule has 0 aromatic heterocycles. The smallest absolute Gasteiger partial charge is 0.341 e. The topological polar surface area (TPSA) is 72.8 Å². The Morgan fingerprint density at radius 1 is 1.30 bits per heavy atom. The molecule has 5 nitrogen and oxygen atoms in total. The SMILES string of the molecule is CC1CSC(=C(C(=O)O)C(=O)C=Cc2ccc3c(c2)OCO3)S1. The largest absolute Gasteiger partial charge is 0.477 e. The number of carboxylic acids is 1. The van der Waals surface area contributed by atoms with Gasteiger partial charge in [0.1, 0.15) is 5.57 Å². The first-order chi connectivity index (χ1) is 11.0. The van der Waals surface area contributed by atoms with Gasteiger partial charge in [-0.25, -0.2) is 4.79 Å². The minimum atomic E-state index is -1.19. The van der Waals surface area contributed by atoms with Crippen LogP contribution in [0.3, 0.4) is 0 Å². The van der Waals surface area contributed by atoms with Gasteiger partial charge in [-0.15, -0.1) is 23.5 Å². The minimum Gasteiger partial charge on any atom is -0.477 e. The zero-order valence-electron chi connectivity index (χ0n) is 12.3. The standard InChI is InChI=1S/C16H14O5S2/c1-9-7-22-16(23-9)14(15(18)19)11(17)4-2-10-3-5-12-13(6-10)21-8-20-12/h2-6,9H,7-8H2,1H3,(H,18,19). The fourth-order valence-electron chi connectivity index (χ4n) is 2.14. The predicted molar refractivity (Wildman–Crippen MR) is 90.8 cm³/mol. The predicted octanol–water partition coefficient (Wildman–Crippen LogP) is 3.16. The molecule has 3 rings (SSSR count). The summed E-state index contributed by atoms with van der Waals surface area (Å²) in [4.78, 5) is 23.7. The number of fused-ring (bicyclic) bond motifs is 1. The lowest BCUT2D eigenvalue weighted by atomic mass is 10.1. The maximum atomic E-state index is 12.3. The van der Waals surface area contributed by atoms with Crippen LogP contribution in [0.2, 0.25) is 0 Å². The van der Waals surface area contributed by atoms with Gasteiger partial charge < -0.3 is 14.6 Å². The summed E-state index contributed by atoms with van der Waals surface area (Å²) in [5, 5.41) is 9.65. The molecule has 23 heavy (non-hydrogen) atoms.